The standard InChI is InChI=1S/C16H23FN2O2/c1-2-16(15(20)21,14-10-9-12(17)11-18-14)19-13-7-5-3-4-6-8-13/h9-11,13,19H,2-8H2,1H3,(H,20,21). The SMILES string of the molecule is CCC(NC1CCCCCC1)(C(=O)O)c1ccc(F)cn1. The molecular formula is C16H23FN2O2. The van der Waals surface area contributed by atoms with Crippen LogP contribution >= 0.6 is 0 Å². The summed E-state index contributed by atoms with van der Waals surface area (Å²) >= 11 is 0. The summed E-state index contributed by atoms with van der Waals surface area (Å²) in [6.45, 7) is 1.82. The average Bonchev–Trinajstić information content (AvgIpc) is 2.74. The zero-order valence-corrected chi connectivity index (χ0v) is 12.4. The van der Waals surface area contributed by atoms with Gasteiger partial charge >= 0.3 is 5.97 Å². The van der Waals surface area contributed by atoms with Crippen molar-refractivity contribution in [3.8, 4) is 0 Å². The summed E-state index contributed by atoms with van der Waals surface area (Å²) < 4.78 is 13.1. The van der Waals surface area contributed by atoms with Gasteiger partial charge in [0.05, 0.1) is 11.9 Å². The van der Waals surface area contributed by atoms with Gasteiger partial charge < -0.3 is 5.11 Å². The Morgan fingerprint density at radius 2 is 2.05 bits per heavy atom. The molecule has 21 heavy (non-hydrogen) atoms. The number of rotatable bonds is 5. The van der Waals surface area contributed by atoms with Crippen LogP contribution in [-0.4, -0.2) is 22.1 Å². The third-order valence-corrected chi connectivity index (χ3v) is 4.37. The van der Waals surface area contributed by atoms with Gasteiger partial charge in [0.2, 0.25) is 0 Å². The first-order valence-electron chi connectivity index (χ1n) is 7.71. The second kappa shape index (κ2) is 6.98. The van der Waals surface area contributed by atoms with Gasteiger partial charge in [0.1, 0.15) is 5.82 Å². The minimum absolute atomic E-state index is 0.176. The predicted octanol–water partition coefficient (Wildman–Crippen LogP) is 3.22. The van der Waals surface area contributed by atoms with Gasteiger partial charge in [0.25, 0.3) is 0 Å². The maximum absolute atomic E-state index is 13.1. The normalized spacial score (nSPS) is 19.7. The largest absolute Gasteiger partial charge is 0.480 e. The highest BCUT2D eigenvalue weighted by Gasteiger charge is 2.41. The number of halogens is 1. The molecule has 2 rings (SSSR count). The van der Waals surface area contributed by atoms with Crippen LogP contribution in [0.25, 0.3) is 0 Å². The number of carbonyl (C=O) groups is 1. The summed E-state index contributed by atoms with van der Waals surface area (Å²) in [5, 5.41) is 13.1. The van der Waals surface area contributed by atoms with Crippen LogP contribution in [0, 0.1) is 5.82 Å². The van der Waals surface area contributed by atoms with E-state index in [4.69, 9.17) is 0 Å². The van der Waals surface area contributed by atoms with Gasteiger partial charge in [-0.25, -0.2) is 9.18 Å². The molecule has 0 saturated heterocycles. The lowest BCUT2D eigenvalue weighted by atomic mass is 9.89. The van der Waals surface area contributed by atoms with E-state index in [-0.39, 0.29) is 6.04 Å². The number of hydrogen-bond acceptors (Lipinski definition) is 3. The average molecular weight is 294 g/mol. The maximum Gasteiger partial charge on any atom is 0.330 e. The molecule has 0 aromatic carbocycles. The fourth-order valence-electron chi connectivity index (χ4n) is 3.08. The minimum Gasteiger partial charge on any atom is -0.480 e. The number of pyridine rings is 1. The maximum atomic E-state index is 13.1. The summed E-state index contributed by atoms with van der Waals surface area (Å²) in [5.74, 6) is -1.41. The first kappa shape index (κ1) is 15.9. The van der Waals surface area contributed by atoms with E-state index >= 15 is 0 Å². The molecule has 1 aliphatic carbocycles. The molecule has 0 aliphatic heterocycles. The lowest BCUT2D eigenvalue weighted by Crippen LogP contribution is -2.53. The third-order valence-electron chi connectivity index (χ3n) is 4.37. The van der Waals surface area contributed by atoms with Gasteiger partial charge in [0.15, 0.2) is 5.54 Å². The van der Waals surface area contributed by atoms with E-state index in [2.05, 4.69) is 10.3 Å². The first-order chi connectivity index (χ1) is 10.1. The molecule has 1 heterocycles. The number of nitrogens with one attached hydrogen (secondary N) is 1. The van der Waals surface area contributed by atoms with E-state index in [1.54, 1.807) is 0 Å². The highest BCUT2D eigenvalue weighted by molar-refractivity contribution is 5.80. The van der Waals surface area contributed by atoms with Crippen molar-refractivity contribution < 1.29 is 14.3 Å². The molecule has 4 nitrogen and oxygen atoms in total. The molecule has 0 radical (unpaired) electrons. The molecule has 1 fully saturated rings. The van der Waals surface area contributed by atoms with E-state index in [1.165, 1.54) is 25.0 Å². The van der Waals surface area contributed by atoms with Gasteiger partial charge in [-0.3, -0.25) is 10.3 Å². The number of hydrogen-bond donors (Lipinski definition) is 2. The number of carboxylic acid groups (broad SMARTS) is 1. The topological polar surface area (TPSA) is 62.2 Å². The Morgan fingerprint density at radius 1 is 1.38 bits per heavy atom. The Labute approximate surface area is 124 Å². The van der Waals surface area contributed by atoms with Crippen molar-refractivity contribution in [1.82, 2.24) is 10.3 Å². The van der Waals surface area contributed by atoms with E-state index in [0.717, 1.165) is 31.9 Å². The molecule has 0 spiro atoms. The second-order valence-electron chi connectivity index (χ2n) is 5.76. The van der Waals surface area contributed by atoms with E-state index in [0.29, 0.717) is 12.1 Å². The second-order valence-corrected chi connectivity index (χ2v) is 5.76. The van der Waals surface area contributed by atoms with Crippen molar-refractivity contribution in [1.29, 1.82) is 0 Å². The molecule has 2 N–H and O–H groups in total. The summed E-state index contributed by atoms with van der Waals surface area (Å²) in [6, 6.07) is 2.91. The molecule has 0 bridgehead atoms. The molecule has 5 heteroatoms. The number of aromatic nitrogens is 1. The molecule has 1 aliphatic rings. The van der Waals surface area contributed by atoms with Gasteiger partial charge in [-0.05, 0) is 31.4 Å². The third kappa shape index (κ3) is 3.59. The van der Waals surface area contributed by atoms with Crippen molar-refractivity contribution in [2.45, 2.75) is 63.5 Å². The quantitative estimate of drug-likeness (QED) is 0.819. The Hall–Kier alpha value is -1.49. The van der Waals surface area contributed by atoms with Crippen molar-refractivity contribution >= 4 is 5.97 Å². The summed E-state index contributed by atoms with van der Waals surface area (Å²) in [4.78, 5) is 15.9. The number of nitrogens with zero attached hydrogens (tertiary/aromatic N) is 1. The van der Waals surface area contributed by atoms with Crippen molar-refractivity contribution in [2.24, 2.45) is 0 Å². The fourth-order valence-corrected chi connectivity index (χ4v) is 3.08. The Morgan fingerprint density at radius 3 is 2.52 bits per heavy atom. The molecule has 1 atom stereocenters. The zero-order chi connectivity index (χ0) is 15.3. The molecule has 1 unspecified atom stereocenters. The highest BCUT2D eigenvalue weighted by Crippen LogP contribution is 2.28. The Bertz CT molecular complexity index is 470. The van der Waals surface area contributed by atoms with Crippen molar-refractivity contribution in [3.05, 3.63) is 29.8 Å². The van der Waals surface area contributed by atoms with Crippen LogP contribution in [0.3, 0.4) is 0 Å². The molecule has 1 saturated carbocycles. The van der Waals surface area contributed by atoms with Crippen LogP contribution in [0.5, 0.6) is 0 Å². The van der Waals surface area contributed by atoms with Crippen LogP contribution in [0.1, 0.15) is 57.6 Å². The van der Waals surface area contributed by atoms with Crippen LogP contribution in [-0.2, 0) is 10.3 Å². The van der Waals surface area contributed by atoms with E-state index < -0.39 is 17.3 Å². The predicted molar refractivity (Wildman–Crippen MR) is 78.4 cm³/mol. The van der Waals surface area contributed by atoms with E-state index in [1.807, 2.05) is 6.92 Å². The summed E-state index contributed by atoms with van der Waals surface area (Å²) in [6.07, 6.45) is 8.07. The van der Waals surface area contributed by atoms with Crippen LogP contribution in [0.15, 0.2) is 18.3 Å². The smallest absolute Gasteiger partial charge is 0.330 e. The zero-order valence-electron chi connectivity index (χ0n) is 12.4. The highest BCUT2D eigenvalue weighted by atomic mass is 19.1. The van der Waals surface area contributed by atoms with Crippen molar-refractivity contribution in [2.75, 3.05) is 0 Å². The van der Waals surface area contributed by atoms with Gasteiger partial charge in [-0.2, -0.15) is 0 Å². The molecule has 0 amide bonds. The van der Waals surface area contributed by atoms with Crippen molar-refractivity contribution in [3.63, 3.8) is 0 Å². The molecule has 1 aromatic rings. The lowest BCUT2D eigenvalue weighted by Gasteiger charge is -2.33. The van der Waals surface area contributed by atoms with Gasteiger partial charge in [0, 0.05) is 6.04 Å². The van der Waals surface area contributed by atoms with Crippen LogP contribution < -0.4 is 5.32 Å². The summed E-state index contributed by atoms with van der Waals surface area (Å²) in [5.41, 5.74) is -0.856. The van der Waals surface area contributed by atoms with Crippen LogP contribution in [0.4, 0.5) is 4.39 Å². The molecule has 116 valence electrons. The Kier molecular flexibility index (Phi) is 5.28. The number of aliphatic carboxylic acids is 1. The molecule has 1 aromatic heterocycles. The molecular weight excluding hydrogens is 271 g/mol. The van der Waals surface area contributed by atoms with E-state index in [9.17, 15) is 14.3 Å². The minimum atomic E-state index is -1.23. The first-order valence-corrected chi connectivity index (χ1v) is 7.71. The summed E-state index contributed by atoms with van der Waals surface area (Å²) in [7, 11) is 0. The van der Waals surface area contributed by atoms with Gasteiger partial charge in [-0.1, -0.05) is 32.6 Å². The van der Waals surface area contributed by atoms with Crippen LogP contribution in [0.2, 0.25) is 0 Å². The number of carboxylic acids is 1. The van der Waals surface area contributed by atoms with Gasteiger partial charge in [-0.15, -0.1) is 0 Å². The monoisotopic (exact) mass is 294 g/mol. The Balaban J connectivity index is 2.27. The fraction of sp³-hybridized carbons (Fsp3) is 0.625. The lowest BCUT2D eigenvalue weighted by molar-refractivity contribution is -0.146.